The highest BCUT2D eigenvalue weighted by Crippen LogP contribution is 2.17. The summed E-state index contributed by atoms with van der Waals surface area (Å²) in [7, 11) is 0. The molecule has 2 rings (SSSR count). The highest BCUT2D eigenvalue weighted by molar-refractivity contribution is 6.03. The van der Waals surface area contributed by atoms with Crippen LogP contribution >= 0.6 is 0 Å². The van der Waals surface area contributed by atoms with Crippen molar-refractivity contribution in [3.05, 3.63) is 30.4 Å². The van der Waals surface area contributed by atoms with Gasteiger partial charge < -0.3 is 10.4 Å². The number of hydrogen-bond donors (Lipinski definition) is 2. The van der Waals surface area contributed by atoms with E-state index in [2.05, 4.69) is 15.5 Å². The molecule has 0 aliphatic heterocycles. The Kier molecular flexibility index (Phi) is 3.79. The quantitative estimate of drug-likeness (QED) is 0.861. The van der Waals surface area contributed by atoms with Gasteiger partial charge in [0.15, 0.2) is 5.54 Å². The smallest absolute Gasteiger partial charge is 0.331 e. The van der Waals surface area contributed by atoms with E-state index in [0.717, 1.165) is 0 Å². The van der Waals surface area contributed by atoms with Crippen molar-refractivity contribution in [2.75, 3.05) is 5.32 Å². The number of carbonyl (C=O) groups is 2. The molecule has 1 amide bonds. The van der Waals surface area contributed by atoms with Gasteiger partial charge in [0, 0.05) is 18.9 Å². The van der Waals surface area contributed by atoms with Gasteiger partial charge in [-0.15, -0.1) is 0 Å². The predicted octanol–water partition coefficient (Wildman–Crippen LogP) is 1.17. The van der Waals surface area contributed by atoms with Gasteiger partial charge in [0.2, 0.25) is 0 Å². The first-order valence-corrected chi connectivity index (χ1v) is 6.47. The zero-order chi connectivity index (χ0) is 15.6. The van der Waals surface area contributed by atoms with Crippen molar-refractivity contribution in [2.24, 2.45) is 0 Å². The molecule has 112 valence electrons. The fourth-order valence-electron chi connectivity index (χ4n) is 1.65. The van der Waals surface area contributed by atoms with Gasteiger partial charge in [-0.1, -0.05) is 0 Å². The lowest BCUT2D eigenvalue weighted by Crippen LogP contribution is -2.35. The van der Waals surface area contributed by atoms with Crippen molar-refractivity contribution in [3.8, 4) is 0 Å². The van der Waals surface area contributed by atoms with Gasteiger partial charge in [0.05, 0.1) is 23.6 Å². The molecule has 0 spiro atoms. The van der Waals surface area contributed by atoms with Crippen LogP contribution in [0.3, 0.4) is 0 Å². The first-order chi connectivity index (χ1) is 9.84. The maximum absolute atomic E-state index is 12.0. The fraction of sp³-hybridized carbons (Fsp3) is 0.385. The summed E-state index contributed by atoms with van der Waals surface area (Å²) in [6.07, 6.45) is 6.01. The number of anilines is 1. The molecule has 0 aliphatic carbocycles. The lowest BCUT2D eigenvalue weighted by atomic mass is 10.1. The second-order valence-corrected chi connectivity index (χ2v) is 5.08. The summed E-state index contributed by atoms with van der Waals surface area (Å²) in [5.41, 5.74) is -0.323. The number of carboxylic acids is 1. The minimum atomic E-state index is -1.18. The molecule has 0 bridgehead atoms. The molecular weight excluding hydrogens is 274 g/mol. The van der Waals surface area contributed by atoms with Gasteiger partial charge in [-0.25, -0.2) is 4.79 Å². The van der Waals surface area contributed by atoms with E-state index in [1.165, 1.54) is 37.1 Å². The van der Waals surface area contributed by atoms with Crippen molar-refractivity contribution in [1.82, 2.24) is 19.6 Å². The van der Waals surface area contributed by atoms with Crippen molar-refractivity contribution in [3.63, 3.8) is 0 Å². The van der Waals surface area contributed by atoms with Crippen molar-refractivity contribution < 1.29 is 14.7 Å². The fourth-order valence-corrected chi connectivity index (χ4v) is 1.65. The summed E-state index contributed by atoms with van der Waals surface area (Å²) in [5.74, 6) is -1.32. The summed E-state index contributed by atoms with van der Waals surface area (Å²) >= 11 is 0. The van der Waals surface area contributed by atoms with E-state index in [0.29, 0.717) is 17.8 Å². The first-order valence-electron chi connectivity index (χ1n) is 6.47. The number of hydrogen-bond acceptors (Lipinski definition) is 4. The summed E-state index contributed by atoms with van der Waals surface area (Å²) in [4.78, 5) is 23.2. The standard InChI is InChI=1S/C13H17N5O3/c1-4-17-7-9(5-14-17)11(19)16-10-6-15-18(8-10)13(2,3)12(20)21/h5-8H,4H2,1-3H3,(H,16,19)(H,20,21). The van der Waals surface area contributed by atoms with Gasteiger partial charge in [-0.3, -0.25) is 14.2 Å². The molecule has 0 aromatic carbocycles. The van der Waals surface area contributed by atoms with Gasteiger partial charge in [0.1, 0.15) is 0 Å². The van der Waals surface area contributed by atoms with E-state index < -0.39 is 11.5 Å². The Balaban J connectivity index is 2.12. The molecule has 0 aliphatic rings. The highest BCUT2D eigenvalue weighted by Gasteiger charge is 2.30. The largest absolute Gasteiger partial charge is 0.479 e. The molecule has 0 unspecified atom stereocenters. The van der Waals surface area contributed by atoms with Crippen LogP contribution in [0.25, 0.3) is 0 Å². The SMILES string of the molecule is CCn1cc(C(=O)Nc2cnn(C(C)(C)C(=O)O)c2)cn1. The Morgan fingerprint density at radius 2 is 2.00 bits per heavy atom. The predicted molar refractivity (Wildman–Crippen MR) is 75.0 cm³/mol. The topological polar surface area (TPSA) is 102 Å². The second-order valence-electron chi connectivity index (χ2n) is 5.08. The number of amides is 1. The van der Waals surface area contributed by atoms with Crippen molar-refractivity contribution in [2.45, 2.75) is 32.9 Å². The third kappa shape index (κ3) is 2.93. The number of rotatable bonds is 5. The van der Waals surface area contributed by atoms with E-state index in [9.17, 15) is 9.59 Å². The second kappa shape index (κ2) is 5.39. The summed E-state index contributed by atoms with van der Waals surface area (Å²) < 4.78 is 2.94. The van der Waals surface area contributed by atoms with Crippen LogP contribution in [0.15, 0.2) is 24.8 Å². The molecule has 2 aromatic rings. The van der Waals surface area contributed by atoms with Crippen LogP contribution in [0.4, 0.5) is 5.69 Å². The average molecular weight is 291 g/mol. The summed E-state index contributed by atoms with van der Waals surface area (Å²) in [6.45, 7) is 5.66. The highest BCUT2D eigenvalue weighted by atomic mass is 16.4. The first kappa shape index (κ1) is 14.8. The number of nitrogens with one attached hydrogen (secondary N) is 1. The summed E-state index contributed by atoms with van der Waals surface area (Å²) in [5, 5.41) is 19.8. The molecule has 2 N–H and O–H groups in total. The van der Waals surface area contributed by atoms with Crippen molar-refractivity contribution in [1.29, 1.82) is 0 Å². The summed E-state index contributed by atoms with van der Waals surface area (Å²) in [6, 6.07) is 0. The molecule has 0 saturated carbocycles. The Morgan fingerprint density at radius 1 is 1.29 bits per heavy atom. The Hall–Kier alpha value is -2.64. The molecule has 0 fully saturated rings. The van der Waals surface area contributed by atoms with Gasteiger partial charge in [0.25, 0.3) is 5.91 Å². The third-order valence-electron chi connectivity index (χ3n) is 3.16. The van der Waals surface area contributed by atoms with Crippen LogP contribution in [0.2, 0.25) is 0 Å². The lowest BCUT2D eigenvalue weighted by molar-refractivity contribution is -0.146. The number of aryl methyl sites for hydroxylation is 1. The maximum Gasteiger partial charge on any atom is 0.331 e. The lowest BCUT2D eigenvalue weighted by Gasteiger charge is -2.19. The number of carbonyl (C=O) groups excluding carboxylic acids is 1. The van der Waals surface area contributed by atoms with Gasteiger partial charge in [-0.2, -0.15) is 10.2 Å². The molecular formula is C13H17N5O3. The number of aliphatic carboxylic acids is 1. The van der Waals surface area contributed by atoms with E-state index in [4.69, 9.17) is 5.11 Å². The van der Waals surface area contributed by atoms with Crippen LogP contribution in [0.1, 0.15) is 31.1 Å². The van der Waals surface area contributed by atoms with E-state index in [-0.39, 0.29) is 5.91 Å². The van der Waals surface area contributed by atoms with Crippen LogP contribution in [-0.4, -0.2) is 36.5 Å². The maximum atomic E-state index is 12.0. The molecule has 8 heteroatoms. The van der Waals surface area contributed by atoms with Crippen LogP contribution in [-0.2, 0) is 16.9 Å². The zero-order valence-electron chi connectivity index (χ0n) is 12.1. The molecule has 8 nitrogen and oxygen atoms in total. The normalized spacial score (nSPS) is 11.4. The molecule has 2 aromatic heterocycles. The molecule has 0 saturated heterocycles. The number of nitrogens with zero attached hydrogens (tertiary/aromatic N) is 4. The Labute approximate surface area is 121 Å². The Morgan fingerprint density at radius 3 is 2.57 bits per heavy atom. The molecule has 21 heavy (non-hydrogen) atoms. The molecule has 0 radical (unpaired) electrons. The average Bonchev–Trinajstić information content (AvgIpc) is 3.07. The van der Waals surface area contributed by atoms with Crippen LogP contribution in [0.5, 0.6) is 0 Å². The van der Waals surface area contributed by atoms with Gasteiger partial charge in [-0.05, 0) is 20.8 Å². The van der Waals surface area contributed by atoms with E-state index >= 15 is 0 Å². The zero-order valence-corrected chi connectivity index (χ0v) is 12.1. The molecule has 2 heterocycles. The minimum absolute atomic E-state index is 0.317. The number of carboxylic acid groups (broad SMARTS) is 1. The minimum Gasteiger partial charge on any atom is -0.479 e. The van der Waals surface area contributed by atoms with Crippen LogP contribution < -0.4 is 5.32 Å². The van der Waals surface area contributed by atoms with E-state index in [1.807, 2.05) is 6.92 Å². The van der Waals surface area contributed by atoms with Gasteiger partial charge >= 0.3 is 5.97 Å². The van der Waals surface area contributed by atoms with Crippen LogP contribution in [0, 0.1) is 0 Å². The van der Waals surface area contributed by atoms with E-state index in [1.54, 1.807) is 10.9 Å². The monoisotopic (exact) mass is 291 g/mol. The Bertz CT molecular complexity index is 671. The number of aromatic nitrogens is 4. The molecule has 0 atom stereocenters. The third-order valence-corrected chi connectivity index (χ3v) is 3.16. The van der Waals surface area contributed by atoms with Crippen molar-refractivity contribution >= 4 is 17.6 Å².